The fraction of sp³-hybridized carbons (Fsp3) is 0.955. The van der Waals surface area contributed by atoms with Gasteiger partial charge in [0.2, 0.25) is 5.91 Å². The van der Waals surface area contributed by atoms with Crippen LogP contribution in [0.4, 0.5) is 0 Å². The molecule has 24 heavy (non-hydrogen) atoms. The van der Waals surface area contributed by atoms with Gasteiger partial charge in [0.15, 0.2) is 0 Å². The van der Waals surface area contributed by atoms with Crippen molar-refractivity contribution in [2.24, 2.45) is 0 Å². The minimum atomic E-state index is 0.438. The molecule has 0 fully saturated rings. The molecular formula is C22H45NO. The highest BCUT2D eigenvalue weighted by molar-refractivity contribution is 5.76. The summed E-state index contributed by atoms with van der Waals surface area (Å²) in [7, 11) is 0. The molecule has 0 N–H and O–H groups in total. The molecule has 0 spiro atoms. The van der Waals surface area contributed by atoms with Gasteiger partial charge in [0.05, 0.1) is 0 Å². The maximum absolute atomic E-state index is 13.1. The SMILES string of the molecule is CCCCCC(=O)N(C(CCC)CCCC)C(CCC)CCCC. The predicted molar refractivity (Wildman–Crippen MR) is 107 cm³/mol. The normalized spacial score (nSPS) is 13.7. The van der Waals surface area contributed by atoms with Crippen molar-refractivity contribution < 1.29 is 4.79 Å². The van der Waals surface area contributed by atoms with Crippen LogP contribution in [-0.2, 0) is 4.79 Å². The Kier molecular flexibility index (Phi) is 15.6. The molecule has 0 aliphatic heterocycles. The number of amides is 1. The Bertz CT molecular complexity index is 272. The quantitative estimate of drug-likeness (QED) is 0.274. The molecule has 2 unspecified atom stereocenters. The van der Waals surface area contributed by atoms with Crippen LogP contribution in [0.3, 0.4) is 0 Å². The van der Waals surface area contributed by atoms with Gasteiger partial charge in [-0.25, -0.2) is 0 Å². The molecule has 0 rings (SSSR count). The zero-order chi connectivity index (χ0) is 18.2. The van der Waals surface area contributed by atoms with E-state index in [1.165, 1.54) is 77.0 Å². The maximum Gasteiger partial charge on any atom is 0.223 e. The van der Waals surface area contributed by atoms with E-state index in [1.54, 1.807) is 0 Å². The summed E-state index contributed by atoms with van der Waals surface area (Å²) in [6, 6.07) is 0.940. The monoisotopic (exact) mass is 339 g/mol. The molecule has 0 aromatic rings. The second kappa shape index (κ2) is 16.0. The minimum absolute atomic E-state index is 0.438. The average Bonchev–Trinajstić information content (AvgIpc) is 2.57. The van der Waals surface area contributed by atoms with Gasteiger partial charge in [0.1, 0.15) is 0 Å². The van der Waals surface area contributed by atoms with E-state index in [4.69, 9.17) is 0 Å². The van der Waals surface area contributed by atoms with Crippen LogP contribution < -0.4 is 0 Å². The fourth-order valence-electron chi connectivity index (χ4n) is 3.75. The van der Waals surface area contributed by atoms with Gasteiger partial charge in [-0.2, -0.15) is 0 Å². The Morgan fingerprint density at radius 2 is 1.08 bits per heavy atom. The molecule has 1 amide bonds. The van der Waals surface area contributed by atoms with Crippen LogP contribution in [0.5, 0.6) is 0 Å². The summed E-state index contributed by atoms with van der Waals surface area (Å²) in [5.74, 6) is 0.438. The largest absolute Gasteiger partial charge is 0.337 e. The lowest BCUT2D eigenvalue weighted by molar-refractivity contribution is -0.137. The molecule has 2 nitrogen and oxygen atoms in total. The Labute approximate surface area is 152 Å². The lowest BCUT2D eigenvalue weighted by atomic mass is 9.95. The van der Waals surface area contributed by atoms with Crippen LogP contribution in [0.15, 0.2) is 0 Å². The van der Waals surface area contributed by atoms with E-state index in [9.17, 15) is 4.79 Å². The number of carbonyl (C=O) groups excluding carboxylic acids is 1. The molecule has 2 atom stereocenters. The van der Waals surface area contributed by atoms with Crippen molar-refractivity contribution >= 4 is 5.91 Å². The number of nitrogens with zero attached hydrogens (tertiary/aromatic N) is 1. The standard InChI is InChI=1S/C22H45NO/c1-6-11-14-19-22(24)23(20(15-9-4)17-12-7-2)21(16-10-5)18-13-8-3/h20-21H,6-19H2,1-5H3. The Morgan fingerprint density at radius 3 is 1.46 bits per heavy atom. The molecule has 0 radical (unpaired) electrons. The highest BCUT2D eigenvalue weighted by Gasteiger charge is 2.28. The average molecular weight is 340 g/mol. The smallest absolute Gasteiger partial charge is 0.223 e. The fourth-order valence-corrected chi connectivity index (χ4v) is 3.75. The van der Waals surface area contributed by atoms with E-state index in [-0.39, 0.29) is 0 Å². The van der Waals surface area contributed by atoms with Crippen LogP contribution in [-0.4, -0.2) is 22.9 Å². The summed E-state index contributed by atoms with van der Waals surface area (Å²) in [6.45, 7) is 11.3. The summed E-state index contributed by atoms with van der Waals surface area (Å²) >= 11 is 0. The van der Waals surface area contributed by atoms with Crippen molar-refractivity contribution in [3.8, 4) is 0 Å². The van der Waals surface area contributed by atoms with Crippen molar-refractivity contribution in [3.05, 3.63) is 0 Å². The van der Waals surface area contributed by atoms with Crippen LogP contribution in [0.25, 0.3) is 0 Å². The third kappa shape index (κ3) is 9.69. The second-order valence-electron chi connectivity index (χ2n) is 7.43. The molecule has 0 aromatic heterocycles. The van der Waals surface area contributed by atoms with Gasteiger partial charge >= 0.3 is 0 Å². The molecule has 2 heteroatoms. The lowest BCUT2D eigenvalue weighted by Crippen LogP contribution is -2.47. The Hall–Kier alpha value is -0.530. The molecule has 0 bridgehead atoms. The molecule has 0 heterocycles. The predicted octanol–water partition coefficient (Wildman–Crippen LogP) is 7.11. The molecule has 0 aliphatic carbocycles. The Balaban J connectivity index is 5.19. The van der Waals surface area contributed by atoms with Crippen LogP contribution in [0.1, 0.15) is 125 Å². The van der Waals surface area contributed by atoms with E-state index in [0.29, 0.717) is 18.0 Å². The van der Waals surface area contributed by atoms with Crippen molar-refractivity contribution in [2.75, 3.05) is 0 Å². The topological polar surface area (TPSA) is 20.3 Å². The summed E-state index contributed by atoms with van der Waals surface area (Å²) in [5, 5.41) is 0. The van der Waals surface area contributed by atoms with Crippen molar-refractivity contribution in [1.82, 2.24) is 4.90 Å². The first-order chi connectivity index (χ1) is 11.7. The van der Waals surface area contributed by atoms with Crippen molar-refractivity contribution in [2.45, 2.75) is 137 Å². The highest BCUT2D eigenvalue weighted by atomic mass is 16.2. The van der Waals surface area contributed by atoms with E-state index in [2.05, 4.69) is 39.5 Å². The van der Waals surface area contributed by atoms with E-state index in [0.717, 1.165) is 12.8 Å². The first-order valence-electron chi connectivity index (χ1n) is 11.0. The number of rotatable bonds is 16. The number of hydrogen-bond acceptors (Lipinski definition) is 1. The summed E-state index contributed by atoms with van der Waals surface area (Å²) < 4.78 is 0. The minimum Gasteiger partial charge on any atom is -0.337 e. The molecule has 0 aliphatic rings. The van der Waals surface area contributed by atoms with Gasteiger partial charge in [-0.3, -0.25) is 4.79 Å². The molecule has 0 saturated heterocycles. The maximum atomic E-state index is 13.1. The number of carbonyl (C=O) groups is 1. The molecular weight excluding hydrogens is 294 g/mol. The first-order valence-corrected chi connectivity index (χ1v) is 11.0. The van der Waals surface area contributed by atoms with E-state index < -0.39 is 0 Å². The highest BCUT2D eigenvalue weighted by Crippen LogP contribution is 2.25. The summed E-state index contributed by atoms with van der Waals surface area (Å²) in [4.78, 5) is 15.5. The van der Waals surface area contributed by atoms with Gasteiger partial charge < -0.3 is 4.90 Å². The molecule has 0 saturated carbocycles. The summed E-state index contributed by atoms with van der Waals surface area (Å²) in [5.41, 5.74) is 0. The Morgan fingerprint density at radius 1 is 0.625 bits per heavy atom. The second-order valence-corrected chi connectivity index (χ2v) is 7.43. The van der Waals surface area contributed by atoms with E-state index in [1.807, 2.05) is 0 Å². The molecule has 0 aromatic carbocycles. The zero-order valence-electron chi connectivity index (χ0n) is 17.4. The zero-order valence-corrected chi connectivity index (χ0v) is 17.4. The third-order valence-electron chi connectivity index (χ3n) is 5.09. The number of hydrogen-bond donors (Lipinski definition) is 0. The van der Waals surface area contributed by atoms with Crippen molar-refractivity contribution in [1.29, 1.82) is 0 Å². The van der Waals surface area contributed by atoms with Crippen LogP contribution in [0.2, 0.25) is 0 Å². The summed E-state index contributed by atoms with van der Waals surface area (Å²) in [6.07, 6.45) is 16.2. The van der Waals surface area contributed by atoms with Crippen LogP contribution in [0, 0.1) is 0 Å². The van der Waals surface area contributed by atoms with E-state index >= 15 is 0 Å². The van der Waals surface area contributed by atoms with Gasteiger partial charge in [0.25, 0.3) is 0 Å². The third-order valence-corrected chi connectivity index (χ3v) is 5.09. The van der Waals surface area contributed by atoms with Gasteiger partial charge in [-0.1, -0.05) is 86.0 Å². The van der Waals surface area contributed by atoms with Gasteiger partial charge in [-0.15, -0.1) is 0 Å². The number of unbranched alkanes of at least 4 members (excludes halogenated alkanes) is 4. The van der Waals surface area contributed by atoms with Crippen molar-refractivity contribution in [3.63, 3.8) is 0 Å². The first kappa shape index (κ1) is 23.5. The molecule has 144 valence electrons. The van der Waals surface area contributed by atoms with Gasteiger partial charge in [0, 0.05) is 18.5 Å². The van der Waals surface area contributed by atoms with Gasteiger partial charge in [-0.05, 0) is 32.1 Å². The van der Waals surface area contributed by atoms with Crippen LogP contribution >= 0.6 is 0 Å². The lowest BCUT2D eigenvalue weighted by Gasteiger charge is -2.39.